The van der Waals surface area contributed by atoms with Crippen LogP contribution in [0.1, 0.15) is 55.0 Å². The molecule has 1 saturated carbocycles. The number of carbonyl (C=O) groups is 1. The van der Waals surface area contributed by atoms with Crippen LogP contribution in [-0.4, -0.2) is 27.2 Å². The number of imidazole rings is 1. The molecule has 0 unspecified atom stereocenters. The van der Waals surface area contributed by atoms with Crippen molar-refractivity contribution in [1.29, 1.82) is 0 Å². The maximum absolute atomic E-state index is 12.2. The number of hydrogen-bond acceptors (Lipinski definition) is 4. The Kier molecular flexibility index (Phi) is 6.75. The minimum atomic E-state index is -1.08. The fourth-order valence-electron chi connectivity index (χ4n) is 5.58. The van der Waals surface area contributed by atoms with Crippen LogP contribution in [0.3, 0.4) is 0 Å². The molecule has 1 aliphatic rings. The fraction of sp³-hybridized carbons (Fsp3) is 0.290. The van der Waals surface area contributed by atoms with E-state index in [-0.39, 0.29) is 11.9 Å². The third-order valence-electron chi connectivity index (χ3n) is 7.45. The highest BCUT2D eigenvalue weighted by atomic mass is 16.5. The van der Waals surface area contributed by atoms with E-state index in [1.54, 1.807) is 0 Å². The molecule has 1 heterocycles. The fourth-order valence-corrected chi connectivity index (χ4v) is 5.58. The average Bonchev–Trinajstić information content (AvgIpc) is 3.43. The molecule has 5 heteroatoms. The second-order valence-electron chi connectivity index (χ2n) is 9.53. The normalized spacial score (nSPS) is 20.1. The van der Waals surface area contributed by atoms with E-state index in [1.807, 2.05) is 37.6 Å². The zero-order chi connectivity index (χ0) is 25.0. The summed E-state index contributed by atoms with van der Waals surface area (Å²) in [6, 6.07) is 31.2. The first-order valence-corrected chi connectivity index (χ1v) is 12.7. The molecule has 5 rings (SSSR count). The molecule has 0 aliphatic heterocycles. The minimum absolute atomic E-state index is 0.163. The number of esters is 1. The van der Waals surface area contributed by atoms with Crippen molar-refractivity contribution < 1.29 is 14.6 Å². The Balaban J connectivity index is 1.60. The molecule has 0 atom stereocenters. The summed E-state index contributed by atoms with van der Waals surface area (Å²) in [4.78, 5) is 17.0. The summed E-state index contributed by atoms with van der Waals surface area (Å²) in [5, 5.41) is 11.6. The highest BCUT2D eigenvalue weighted by Gasteiger charge is 2.42. The molecule has 36 heavy (non-hydrogen) atoms. The lowest BCUT2D eigenvalue weighted by Gasteiger charge is -2.38. The van der Waals surface area contributed by atoms with E-state index in [0.717, 1.165) is 16.7 Å². The largest absolute Gasteiger partial charge is 0.466 e. The van der Waals surface area contributed by atoms with Gasteiger partial charge in [-0.15, -0.1) is 0 Å². The van der Waals surface area contributed by atoms with E-state index in [4.69, 9.17) is 9.72 Å². The first-order chi connectivity index (χ1) is 17.6. The molecule has 1 aromatic heterocycles. The topological polar surface area (TPSA) is 64.3 Å². The van der Waals surface area contributed by atoms with E-state index < -0.39 is 11.1 Å². The van der Waals surface area contributed by atoms with Crippen molar-refractivity contribution in [3.8, 4) is 0 Å². The number of benzene rings is 3. The summed E-state index contributed by atoms with van der Waals surface area (Å²) in [6.45, 7) is 2.20. The Labute approximate surface area is 212 Å². The monoisotopic (exact) mass is 480 g/mol. The maximum atomic E-state index is 12.2. The molecule has 5 nitrogen and oxygen atoms in total. The van der Waals surface area contributed by atoms with Gasteiger partial charge in [-0.25, -0.2) is 4.98 Å². The van der Waals surface area contributed by atoms with E-state index in [1.165, 1.54) is 0 Å². The van der Waals surface area contributed by atoms with Gasteiger partial charge in [-0.05, 0) is 49.3 Å². The van der Waals surface area contributed by atoms with Crippen molar-refractivity contribution in [1.82, 2.24) is 9.55 Å². The molecule has 0 spiro atoms. The Bertz CT molecular complexity index is 1180. The maximum Gasteiger partial charge on any atom is 0.308 e. The number of aliphatic hydroxyl groups is 1. The van der Waals surface area contributed by atoms with Gasteiger partial charge in [-0.3, -0.25) is 4.79 Å². The number of rotatable bonds is 7. The zero-order valence-corrected chi connectivity index (χ0v) is 20.6. The van der Waals surface area contributed by atoms with Crippen LogP contribution in [0, 0.1) is 5.92 Å². The van der Waals surface area contributed by atoms with E-state index in [2.05, 4.69) is 77.4 Å². The molecular weight excluding hydrogens is 448 g/mol. The number of ether oxygens (including phenoxy) is 1. The molecule has 0 saturated heterocycles. The molecular formula is C31H32N2O3. The minimum Gasteiger partial charge on any atom is -0.466 e. The van der Waals surface area contributed by atoms with Gasteiger partial charge in [-0.2, -0.15) is 0 Å². The molecule has 184 valence electrons. The van der Waals surface area contributed by atoms with Crippen molar-refractivity contribution in [2.45, 2.75) is 43.7 Å². The van der Waals surface area contributed by atoms with Gasteiger partial charge < -0.3 is 14.4 Å². The number of carbonyl (C=O) groups excluding carboxylic acids is 1. The molecule has 4 aromatic rings. The molecule has 1 N–H and O–H groups in total. The molecule has 1 aliphatic carbocycles. The van der Waals surface area contributed by atoms with Crippen molar-refractivity contribution >= 4 is 5.97 Å². The van der Waals surface area contributed by atoms with Crippen LogP contribution in [0.25, 0.3) is 0 Å². The Morgan fingerprint density at radius 2 is 1.39 bits per heavy atom. The van der Waals surface area contributed by atoms with Crippen LogP contribution in [0.4, 0.5) is 0 Å². The van der Waals surface area contributed by atoms with Gasteiger partial charge in [0.05, 0.1) is 24.5 Å². The highest BCUT2D eigenvalue weighted by Crippen LogP contribution is 2.43. The zero-order valence-electron chi connectivity index (χ0n) is 20.6. The third kappa shape index (κ3) is 4.24. The second-order valence-corrected chi connectivity index (χ2v) is 9.53. The number of nitrogens with zero attached hydrogens (tertiary/aromatic N) is 2. The van der Waals surface area contributed by atoms with Crippen LogP contribution in [-0.2, 0) is 20.7 Å². The summed E-state index contributed by atoms with van der Waals surface area (Å²) in [5.74, 6) is -0.328. The van der Waals surface area contributed by atoms with Crippen LogP contribution >= 0.6 is 0 Å². The van der Waals surface area contributed by atoms with E-state index >= 15 is 0 Å². The Morgan fingerprint density at radius 3 is 1.83 bits per heavy atom. The first-order valence-electron chi connectivity index (χ1n) is 12.7. The number of hydrogen-bond donors (Lipinski definition) is 1. The third-order valence-corrected chi connectivity index (χ3v) is 7.45. The quantitative estimate of drug-likeness (QED) is 0.274. The number of aromatic nitrogens is 2. The standard InChI is InChI=1S/C31H32N2O3/c1-2-36-29(34)24-18-20-30(35,21-19-24)28-22-33(23-32-28)31(25-12-6-3-7-13-25,26-14-8-4-9-15-26)27-16-10-5-11-17-27/h3-17,22-24,35H,2,18-21H2,1H3. The second kappa shape index (κ2) is 10.1. The summed E-state index contributed by atoms with van der Waals surface area (Å²) in [7, 11) is 0. The van der Waals surface area contributed by atoms with Crippen molar-refractivity contribution in [3.05, 3.63) is 126 Å². The van der Waals surface area contributed by atoms with Gasteiger partial charge in [0, 0.05) is 6.20 Å². The van der Waals surface area contributed by atoms with Gasteiger partial charge in [-0.1, -0.05) is 91.0 Å². The Hall–Kier alpha value is -3.70. The lowest BCUT2D eigenvalue weighted by atomic mass is 9.76. The molecule has 0 amide bonds. The van der Waals surface area contributed by atoms with Crippen LogP contribution in [0.15, 0.2) is 104 Å². The summed E-state index contributed by atoms with van der Waals surface area (Å²) in [5.41, 5.74) is 2.19. The molecule has 0 radical (unpaired) electrons. The summed E-state index contributed by atoms with van der Waals surface area (Å²) < 4.78 is 7.33. The van der Waals surface area contributed by atoms with Crippen molar-refractivity contribution in [2.75, 3.05) is 6.61 Å². The first kappa shape index (κ1) is 24.0. The van der Waals surface area contributed by atoms with Crippen LogP contribution in [0.2, 0.25) is 0 Å². The predicted molar refractivity (Wildman–Crippen MR) is 139 cm³/mol. The van der Waals surface area contributed by atoms with Gasteiger partial charge in [0.15, 0.2) is 0 Å². The van der Waals surface area contributed by atoms with Gasteiger partial charge in [0.2, 0.25) is 0 Å². The van der Waals surface area contributed by atoms with E-state index in [0.29, 0.717) is 38.0 Å². The SMILES string of the molecule is CCOC(=O)C1CCC(O)(c2cn(C(c3ccccc3)(c3ccccc3)c3ccccc3)cn2)CC1. The van der Waals surface area contributed by atoms with Gasteiger partial charge in [0.25, 0.3) is 0 Å². The van der Waals surface area contributed by atoms with Gasteiger partial charge in [0.1, 0.15) is 11.1 Å². The lowest BCUT2D eigenvalue weighted by molar-refractivity contribution is -0.151. The van der Waals surface area contributed by atoms with E-state index in [9.17, 15) is 9.90 Å². The molecule has 3 aromatic carbocycles. The lowest BCUT2D eigenvalue weighted by Crippen LogP contribution is -2.37. The Morgan fingerprint density at radius 1 is 0.917 bits per heavy atom. The summed E-state index contributed by atoms with van der Waals surface area (Å²) in [6.07, 6.45) is 5.94. The van der Waals surface area contributed by atoms with Crippen LogP contribution < -0.4 is 0 Å². The van der Waals surface area contributed by atoms with Crippen LogP contribution in [0.5, 0.6) is 0 Å². The molecule has 1 fully saturated rings. The summed E-state index contributed by atoms with van der Waals surface area (Å²) >= 11 is 0. The van der Waals surface area contributed by atoms with Crippen molar-refractivity contribution in [3.63, 3.8) is 0 Å². The smallest absolute Gasteiger partial charge is 0.308 e. The predicted octanol–water partition coefficient (Wildman–Crippen LogP) is 5.66. The average molecular weight is 481 g/mol. The highest BCUT2D eigenvalue weighted by molar-refractivity contribution is 5.72. The van der Waals surface area contributed by atoms with Crippen molar-refractivity contribution in [2.24, 2.45) is 5.92 Å². The van der Waals surface area contributed by atoms with Gasteiger partial charge >= 0.3 is 5.97 Å². The molecule has 0 bridgehead atoms.